The number of hydrogen-bond donors (Lipinski definition) is 1. The van der Waals surface area contributed by atoms with Crippen molar-refractivity contribution in [1.82, 2.24) is 9.88 Å². The maximum Gasteiger partial charge on any atom is 0.225 e. The Hall–Kier alpha value is -3.70. The second-order valence-corrected chi connectivity index (χ2v) is 9.43. The zero-order valence-corrected chi connectivity index (χ0v) is 20.6. The molecule has 1 N–H and O–H groups in total. The minimum Gasteiger partial charge on any atom is -0.494 e. The van der Waals surface area contributed by atoms with Crippen LogP contribution in [0.5, 0.6) is 5.75 Å². The number of aryl methyl sites for hydroxylation is 2. The van der Waals surface area contributed by atoms with E-state index < -0.39 is 0 Å². The molecule has 3 heterocycles. The SMILES string of the molecule is CCOc1ccccc1CCC(=O)Nc1sc2c(c1C#N)CCN(C(=O)CCc1ccncc1)C2. The molecule has 180 valence electrons. The van der Waals surface area contributed by atoms with E-state index in [1.165, 1.54) is 11.3 Å². The predicted molar refractivity (Wildman–Crippen MR) is 135 cm³/mol. The van der Waals surface area contributed by atoms with Gasteiger partial charge in [0.1, 0.15) is 16.8 Å². The summed E-state index contributed by atoms with van der Waals surface area (Å²) in [7, 11) is 0. The first-order chi connectivity index (χ1) is 17.1. The second-order valence-electron chi connectivity index (χ2n) is 8.33. The third-order valence-corrected chi connectivity index (χ3v) is 7.18. The summed E-state index contributed by atoms with van der Waals surface area (Å²) in [6, 6.07) is 13.8. The highest BCUT2D eigenvalue weighted by Gasteiger charge is 2.27. The first-order valence-electron chi connectivity index (χ1n) is 11.8. The van der Waals surface area contributed by atoms with Gasteiger partial charge in [0.05, 0.1) is 18.7 Å². The molecule has 0 fully saturated rings. The van der Waals surface area contributed by atoms with Crippen molar-refractivity contribution in [3.8, 4) is 11.8 Å². The fourth-order valence-corrected chi connectivity index (χ4v) is 5.46. The second kappa shape index (κ2) is 11.6. The molecular weight excluding hydrogens is 460 g/mol. The van der Waals surface area contributed by atoms with Crippen LogP contribution in [0.1, 0.15) is 46.9 Å². The number of benzene rings is 1. The number of thiophene rings is 1. The number of pyridine rings is 1. The van der Waals surface area contributed by atoms with Gasteiger partial charge in [0.2, 0.25) is 11.8 Å². The van der Waals surface area contributed by atoms with E-state index in [2.05, 4.69) is 16.4 Å². The Labute approximate surface area is 209 Å². The molecule has 1 aliphatic rings. The van der Waals surface area contributed by atoms with E-state index in [4.69, 9.17) is 4.74 Å². The molecule has 0 unspecified atom stereocenters. The van der Waals surface area contributed by atoms with Crippen molar-refractivity contribution >= 4 is 28.2 Å². The molecule has 0 aliphatic carbocycles. The third kappa shape index (κ3) is 6.06. The number of ether oxygens (including phenoxy) is 1. The van der Waals surface area contributed by atoms with Gasteiger partial charge in [-0.15, -0.1) is 11.3 Å². The van der Waals surface area contributed by atoms with Crippen LogP contribution in [-0.4, -0.2) is 34.8 Å². The van der Waals surface area contributed by atoms with E-state index in [1.54, 1.807) is 12.4 Å². The topological polar surface area (TPSA) is 95.3 Å². The van der Waals surface area contributed by atoms with Crippen LogP contribution in [0, 0.1) is 11.3 Å². The number of nitrogens with one attached hydrogen (secondary N) is 1. The number of nitrogens with zero attached hydrogens (tertiary/aromatic N) is 3. The van der Waals surface area contributed by atoms with Gasteiger partial charge in [-0.2, -0.15) is 5.26 Å². The Morgan fingerprint density at radius 2 is 1.97 bits per heavy atom. The molecular formula is C27H28N4O3S. The molecule has 1 aromatic carbocycles. The Bertz CT molecular complexity index is 1230. The number of anilines is 1. The molecule has 8 heteroatoms. The maximum atomic E-state index is 12.8. The lowest BCUT2D eigenvalue weighted by atomic mass is 10.0. The number of carbonyl (C=O) groups excluding carboxylic acids is 2. The van der Waals surface area contributed by atoms with Crippen LogP contribution in [0.15, 0.2) is 48.8 Å². The minimum absolute atomic E-state index is 0.0953. The van der Waals surface area contributed by atoms with Crippen molar-refractivity contribution in [1.29, 1.82) is 5.26 Å². The number of aromatic nitrogens is 1. The molecule has 35 heavy (non-hydrogen) atoms. The lowest BCUT2D eigenvalue weighted by Crippen LogP contribution is -2.35. The molecule has 0 saturated heterocycles. The van der Waals surface area contributed by atoms with Crippen molar-refractivity contribution in [2.45, 2.75) is 45.6 Å². The van der Waals surface area contributed by atoms with Gasteiger partial charge in [-0.05, 0) is 61.1 Å². The van der Waals surface area contributed by atoms with E-state index in [0.717, 1.165) is 27.3 Å². The number of fused-ring (bicyclic) bond motifs is 1. The first-order valence-corrected chi connectivity index (χ1v) is 12.6. The Morgan fingerprint density at radius 1 is 1.17 bits per heavy atom. The third-order valence-electron chi connectivity index (χ3n) is 6.05. The van der Waals surface area contributed by atoms with Gasteiger partial charge < -0.3 is 15.0 Å². The number of para-hydroxylation sites is 1. The molecule has 2 aromatic heterocycles. The molecule has 0 bridgehead atoms. The quantitative estimate of drug-likeness (QED) is 0.478. The molecule has 4 rings (SSSR count). The van der Waals surface area contributed by atoms with Gasteiger partial charge in [0, 0.05) is 36.7 Å². The lowest BCUT2D eigenvalue weighted by Gasteiger charge is -2.27. The van der Waals surface area contributed by atoms with Crippen molar-refractivity contribution in [3.05, 3.63) is 75.9 Å². The van der Waals surface area contributed by atoms with Crippen molar-refractivity contribution in [2.24, 2.45) is 0 Å². The Morgan fingerprint density at radius 3 is 2.74 bits per heavy atom. The van der Waals surface area contributed by atoms with E-state index in [-0.39, 0.29) is 18.2 Å². The van der Waals surface area contributed by atoms with Crippen LogP contribution in [-0.2, 0) is 35.4 Å². The fourth-order valence-electron chi connectivity index (χ4n) is 4.23. The van der Waals surface area contributed by atoms with Gasteiger partial charge in [-0.3, -0.25) is 14.6 Å². The largest absolute Gasteiger partial charge is 0.494 e. The lowest BCUT2D eigenvalue weighted by molar-refractivity contribution is -0.132. The highest BCUT2D eigenvalue weighted by molar-refractivity contribution is 7.16. The Balaban J connectivity index is 1.37. The van der Waals surface area contributed by atoms with E-state index in [0.29, 0.717) is 55.9 Å². The van der Waals surface area contributed by atoms with Crippen LogP contribution in [0.25, 0.3) is 0 Å². The van der Waals surface area contributed by atoms with Gasteiger partial charge in [0.25, 0.3) is 0 Å². The normalized spacial score (nSPS) is 12.5. The smallest absolute Gasteiger partial charge is 0.225 e. The summed E-state index contributed by atoms with van der Waals surface area (Å²) in [5.41, 5.74) is 3.55. The van der Waals surface area contributed by atoms with Crippen LogP contribution in [0.2, 0.25) is 0 Å². The van der Waals surface area contributed by atoms with Crippen LogP contribution >= 0.6 is 11.3 Å². The summed E-state index contributed by atoms with van der Waals surface area (Å²) in [4.78, 5) is 32.3. The molecule has 1 aliphatic heterocycles. The highest BCUT2D eigenvalue weighted by atomic mass is 32.1. The number of carbonyl (C=O) groups is 2. The predicted octanol–water partition coefficient (Wildman–Crippen LogP) is 4.50. The molecule has 0 saturated carbocycles. The fraction of sp³-hybridized carbons (Fsp3) is 0.333. The molecule has 0 spiro atoms. The van der Waals surface area contributed by atoms with Crippen molar-refractivity contribution in [3.63, 3.8) is 0 Å². The van der Waals surface area contributed by atoms with E-state index >= 15 is 0 Å². The van der Waals surface area contributed by atoms with Gasteiger partial charge >= 0.3 is 0 Å². The standard InChI is InChI=1S/C27H28N4O3S/c1-2-34-23-6-4-3-5-20(23)8-9-25(32)30-27-22(17-28)21-13-16-31(18-24(21)35-27)26(33)10-7-19-11-14-29-15-12-19/h3-6,11-12,14-15H,2,7-10,13,16,18H2,1H3,(H,30,32). The summed E-state index contributed by atoms with van der Waals surface area (Å²) in [5, 5.41) is 13.3. The first kappa shape index (κ1) is 24.4. The molecule has 2 amide bonds. The van der Waals surface area contributed by atoms with Gasteiger partial charge in [-0.1, -0.05) is 18.2 Å². The summed E-state index contributed by atoms with van der Waals surface area (Å²) in [6.45, 7) is 3.55. The zero-order chi connectivity index (χ0) is 24.6. The maximum absolute atomic E-state index is 12.8. The van der Waals surface area contributed by atoms with Crippen molar-refractivity contribution < 1.29 is 14.3 Å². The highest BCUT2D eigenvalue weighted by Crippen LogP contribution is 2.37. The van der Waals surface area contributed by atoms with Gasteiger partial charge in [-0.25, -0.2) is 0 Å². The number of hydrogen-bond acceptors (Lipinski definition) is 6. The minimum atomic E-state index is -0.142. The number of nitriles is 1. The molecule has 0 radical (unpaired) electrons. The summed E-state index contributed by atoms with van der Waals surface area (Å²) in [6.07, 6.45) is 6.03. The van der Waals surface area contributed by atoms with Crippen LogP contribution in [0.4, 0.5) is 5.00 Å². The summed E-state index contributed by atoms with van der Waals surface area (Å²) < 4.78 is 5.64. The molecule has 0 atom stereocenters. The van der Waals surface area contributed by atoms with Crippen LogP contribution in [0.3, 0.4) is 0 Å². The monoisotopic (exact) mass is 488 g/mol. The van der Waals surface area contributed by atoms with E-state index in [1.807, 2.05) is 48.2 Å². The zero-order valence-electron chi connectivity index (χ0n) is 19.8. The summed E-state index contributed by atoms with van der Waals surface area (Å²) in [5.74, 6) is 0.746. The summed E-state index contributed by atoms with van der Waals surface area (Å²) >= 11 is 1.40. The molecule has 3 aromatic rings. The average molecular weight is 489 g/mol. The average Bonchev–Trinajstić information content (AvgIpc) is 3.23. The Kier molecular flexibility index (Phi) is 8.11. The number of rotatable bonds is 9. The van der Waals surface area contributed by atoms with Crippen molar-refractivity contribution in [2.75, 3.05) is 18.5 Å². The van der Waals surface area contributed by atoms with Gasteiger partial charge in [0.15, 0.2) is 0 Å². The van der Waals surface area contributed by atoms with E-state index in [9.17, 15) is 14.9 Å². The number of amides is 2. The molecule has 7 nitrogen and oxygen atoms in total. The van der Waals surface area contributed by atoms with Crippen LogP contribution < -0.4 is 10.1 Å².